The first-order chi connectivity index (χ1) is 9.24. The van der Waals surface area contributed by atoms with Crippen molar-refractivity contribution in [2.24, 2.45) is 0 Å². The third kappa shape index (κ3) is 1.80. The highest BCUT2D eigenvalue weighted by molar-refractivity contribution is 5.73. The van der Waals surface area contributed by atoms with Gasteiger partial charge in [-0.25, -0.2) is 4.98 Å². The van der Waals surface area contributed by atoms with Gasteiger partial charge in [0.05, 0.1) is 12.8 Å². The molecule has 6 nitrogen and oxygen atoms in total. The van der Waals surface area contributed by atoms with Crippen molar-refractivity contribution in [3.05, 3.63) is 23.7 Å². The van der Waals surface area contributed by atoms with Crippen molar-refractivity contribution in [1.82, 2.24) is 24.6 Å². The van der Waals surface area contributed by atoms with Gasteiger partial charge in [0.2, 0.25) is 5.88 Å². The summed E-state index contributed by atoms with van der Waals surface area (Å²) >= 11 is 0. The lowest BCUT2D eigenvalue weighted by Crippen LogP contribution is -2.02. The maximum Gasteiger partial charge on any atom is 0.215 e. The van der Waals surface area contributed by atoms with Crippen LogP contribution in [0.15, 0.2) is 12.1 Å². The zero-order valence-corrected chi connectivity index (χ0v) is 11.2. The lowest BCUT2D eigenvalue weighted by Gasteiger charge is -2.05. The summed E-state index contributed by atoms with van der Waals surface area (Å²) in [5.74, 6) is 1.53. The summed E-state index contributed by atoms with van der Waals surface area (Å²) in [7, 11) is 1.60. The fourth-order valence-electron chi connectivity index (χ4n) is 2.19. The van der Waals surface area contributed by atoms with E-state index in [2.05, 4.69) is 27.1 Å². The fourth-order valence-corrected chi connectivity index (χ4v) is 2.19. The molecule has 0 amide bonds. The number of hydrogen-bond donors (Lipinski definition) is 0. The third-order valence-corrected chi connectivity index (χ3v) is 3.07. The molecule has 3 aromatic rings. The van der Waals surface area contributed by atoms with Crippen molar-refractivity contribution in [1.29, 1.82) is 0 Å². The fraction of sp³-hybridized carbons (Fsp3) is 0.385. The minimum absolute atomic E-state index is 0.565. The van der Waals surface area contributed by atoms with Crippen LogP contribution in [-0.4, -0.2) is 31.7 Å². The number of pyridine rings is 1. The largest absolute Gasteiger partial charge is 0.481 e. The van der Waals surface area contributed by atoms with E-state index in [1.807, 2.05) is 17.4 Å². The molecular formula is C13H15N5O. The van der Waals surface area contributed by atoms with Gasteiger partial charge in [-0.05, 0) is 19.4 Å². The molecule has 0 aromatic carbocycles. The van der Waals surface area contributed by atoms with Gasteiger partial charge in [-0.3, -0.25) is 4.40 Å². The van der Waals surface area contributed by atoms with Gasteiger partial charge in [0.25, 0.3) is 0 Å². The number of rotatable bonds is 3. The first-order valence-corrected chi connectivity index (χ1v) is 6.30. The third-order valence-electron chi connectivity index (χ3n) is 3.07. The molecule has 0 atom stereocenters. The zero-order chi connectivity index (χ0) is 13.4. The first kappa shape index (κ1) is 11.8. The van der Waals surface area contributed by atoms with E-state index in [9.17, 15) is 0 Å². The molecule has 0 bridgehead atoms. The van der Waals surface area contributed by atoms with Crippen LogP contribution >= 0.6 is 0 Å². The topological polar surface area (TPSA) is 65.2 Å². The zero-order valence-electron chi connectivity index (χ0n) is 11.2. The maximum absolute atomic E-state index is 5.18. The molecule has 3 heterocycles. The number of fused-ring (bicyclic) bond motifs is 3. The predicted octanol–water partition coefficient (Wildman–Crippen LogP) is 1.94. The highest BCUT2D eigenvalue weighted by Crippen LogP contribution is 2.19. The average molecular weight is 257 g/mol. The van der Waals surface area contributed by atoms with Crippen LogP contribution in [0, 0.1) is 6.92 Å². The lowest BCUT2D eigenvalue weighted by atomic mass is 10.3. The van der Waals surface area contributed by atoms with Crippen LogP contribution in [-0.2, 0) is 6.42 Å². The Morgan fingerprint density at radius 3 is 2.74 bits per heavy atom. The molecule has 0 aliphatic carbocycles. The monoisotopic (exact) mass is 257 g/mol. The Balaban J connectivity index is 2.41. The summed E-state index contributed by atoms with van der Waals surface area (Å²) in [6.45, 7) is 4.07. The van der Waals surface area contributed by atoms with Gasteiger partial charge >= 0.3 is 0 Å². The molecule has 0 aliphatic rings. The van der Waals surface area contributed by atoms with E-state index in [0.717, 1.165) is 41.2 Å². The van der Waals surface area contributed by atoms with Crippen molar-refractivity contribution in [3.8, 4) is 5.88 Å². The minimum atomic E-state index is 0.565. The summed E-state index contributed by atoms with van der Waals surface area (Å²) in [6, 6.07) is 3.64. The molecular weight excluding hydrogens is 242 g/mol. The van der Waals surface area contributed by atoms with E-state index >= 15 is 0 Å². The number of methoxy groups -OCH3 is 1. The molecule has 0 aliphatic heterocycles. The van der Waals surface area contributed by atoms with Crippen LogP contribution in [0.4, 0.5) is 0 Å². The van der Waals surface area contributed by atoms with E-state index in [4.69, 9.17) is 4.74 Å². The van der Waals surface area contributed by atoms with E-state index < -0.39 is 0 Å². The van der Waals surface area contributed by atoms with Gasteiger partial charge in [0.1, 0.15) is 11.3 Å². The SMILES string of the molecule is CCCc1nc(C)c2nnc3ccc(OC)nc3n12. The van der Waals surface area contributed by atoms with E-state index in [-0.39, 0.29) is 0 Å². The Kier molecular flexibility index (Phi) is 2.77. The van der Waals surface area contributed by atoms with Crippen LogP contribution in [0.1, 0.15) is 24.9 Å². The molecule has 0 saturated carbocycles. The van der Waals surface area contributed by atoms with Gasteiger partial charge in [-0.15, -0.1) is 10.2 Å². The quantitative estimate of drug-likeness (QED) is 0.717. The molecule has 0 saturated heterocycles. The second kappa shape index (κ2) is 4.46. The number of aryl methyl sites for hydroxylation is 2. The molecule has 0 radical (unpaired) electrons. The Bertz CT molecular complexity index is 749. The summed E-state index contributed by atoms with van der Waals surface area (Å²) in [5.41, 5.74) is 3.12. The summed E-state index contributed by atoms with van der Waals surface area (Å²) in [5, 5.41) is 8.43. The van der Waals surface area contributed by atoms with Gasteiger partial charge < -0.3 is 4.74 Å². The molecule has 0 N–H and O–H groups in total. The summed E-state index contributed by atoms with van der Waals surface area (Å²) in [4.78, 5) is 9.04. The van der Waals surface area contributed by atoms with E-state index in [1.54, 1.807) is 13.2 Å². The molecule has 98 valence electrons. The first-order valence-electron chi connectivity index (χ1n) is 6.30. The van der Waals surface area contributed by atoms with Gasteiger partial charge in [0.15, 0.2) is 11.3 Å². The number of nitrogens with zero attached hydrogens (tertiary/aromatic N) is 5. The normalized spacial score (nSPS) is 11.3. The molecule has 19 heavy (non-hydrogen) atoms. The van der Waals surface area contributed by atoms with Crippen LogP contribution in [0.2, 0.25) is 0 Å². The molecule has 0 fully saturated rings. The Morgan fingerprint density at radius 1 is 1.16 bits per heavy atom. The van der Waals surface area contributed by atoms with Gasteiger partial charge in [-0.1, -0.05) is 6.92 Å². The summed E-state index contributed by atoms with van der Waals surface area (Å²) in [6.07, 6.45) is 1.90. The highest BCUT2D eigenvalue weighted by atomic mass is 16.5. The Labute approximate surface area is 110 Å². The summed E-state index contributed by atoms with van der Waals surface area (Å²) < 4.78 is 7.16. The second-order valence-corrected chi connectivity index (χ2v) is 4.42. The Hall–Kier alpha value is -2.24. The second-order valence-electron chi connectivity index (χ2n) is 4.42. The molecule has 6 heteroatoms. The molecule has 0 unspecified atom stereocenters. The smallest absolute Gasteiger partial charge is 0.215 e. The standard InChI is InChI=1S/C13H15N5O/c1-4-5-10-14-8(2)12-17-16-9-6-7-11(19-3)15-13(9)18(10)12/h6-7H,4-5H2,1-3H3. The van der Waals surface area contributed by atoms with Crippen molar-refractivity contribution in [2.75, 3.05) is 7.11 Å². The van der Waals surface area contributed by atoms with E-state index in [0.29, 0.717) is 5.88 Å². The van der Waals surface area contributed by atoms with Crippen LogP contribution < -0.4 is 4.74 Å². The number of imidazole rings is 1. The van der Waals surface area contributed by atoms with Crippen molar-refractivity contribution >= 4 is 16.8 Å². The number of hydrogen-bond acceptors (Lipinski definition) is 5. The van der Waals surface area contributed by atoms with E-state index in [1.165, 1.54) is 0 Å². The van der Waals surface area contributed by atoms with Crippen LogP contribution in [0.3, 0.4) is 0 Å². The number of aromatic nitrogens is 5. The molecule has 3 rings (SSSR count). The molecule has 0 spiro atoms. The van der Waals surface area contributed by atoms with Crippen molar-refractivity contribution < 1.29 is 4.74 Å². The predicted molar refractivity (Wildman–Crippen MR) is 71.4 cm³/mol. The minimum Gasteiger partial charge on any atom is -0.481 e. The lowest BCUT2D eigenvalue weighted by molar-refractivity contribution is 0.399. The van der Waals surface area contributed by atoms with Crippen LogP contribution in [0.5, 0.6) is 5.88 Å². The van der Waals surface area contributed by atoms with Gasteiger partial charge in [0, 0.05) is 12.5 Å². The Morgan fingerprint density at radius 2 is 2.00 bits per heavy atom. The van der Waals surface area contributed by atoms with Crippen molar-refractivity contribution in [2.45, 2.75) is 26.7 Å². The highest BCUT2D eigenvalue weighted by Gasteiger charge is 2.14. The average Bonchev–Trinajstić information content (AvgIpc) is 2.75. The van der Waals surface area contributed by atoms with Crippen molar-refractivity contribution in [3.63, 3.8) is 0 Å². The maximum atomic E-state index is 5.18. The van der Waals surface area contributed by atoms with Gasteiger partial charge in [-0.2, -0.15) is 4.98 Å². The number of ether oxygens (including phenoxy) is 1. The van der Waals surface area contributed by atoms with Crippen LogP contribution in [0.25, 0.3) is 16.8 Å². The molecule has 3 aromatic heterocycles.